The number of aromatic nitrogens is 1. The van der Waals surface area contributed by atoms with Crippen molar-refractivity contribution >= 4 is 0 Å². The molecule has 3 aromatic rings. The molecule has 1 heterocycles. The van der Waals surface area contributed by atoms with E-state index in [4.69, 9.17) is 0 Å². The maximum Gasteiger partial charge on any atom is 0.0303 e. The minimum absolute atomic E-state index is 0.941. The zero-order valence-electron chi connectivity index (χ0n) is 11.4. The average Bonchev–Trinajstić information content (AvgIpc) is 2.50. The molecule has 0 aliphatic carbocycles. The zero-order valence-corrected chi connectivity index (χ0v) is 11.4. The second-order valence-electron chi connectivity index (χ2n) is 5.03. The van der Waals surface area contributed by atoms with Gasteiger partial charge in [0.1, 0.15) is 0 Å². The summed E-state index contributed by atoms with van der Waals surface area (Å²) in [5.74, 6) is 0. The number of nitrogens with zero attached hydrogens (tertiary/aromatic N) is 1. The first-order valence-corrected chi connectivity index (χ1v) is 6.91. The van der Waals surface area contributed by atoms with Gasteiger partial charge in [-0.1, -0.05) is 66.7 Å². The Morgan fingerprint density at radius 1 is 0.550 bits per heavy atom. The highest BCUT2D eigenvalue weighted by Gasteiger charge is 2.00. The molecule has 0 amide bonds. The Bertz CT molecular complexity index is 603. The largest absolute Gasteiger partial charge is 0.264 e. The van der Waals surface area contributed by atoms with Crippen molar-refractivity contribution in [1.82, 2.24) is 4.98 Å². The third kappa shape index (κ3) is 3.33. The van der Waals surface area contributed by atoms with Gasteiger partial charge in [-0.15, -0.1) is 0 Å². The van der Waals surface area contributed by atoms with E-state index < -0.39 is 0 Å². The number of rotatable bonds is 4. The fourth-order valence-electron chi connectivity index (χ4n) is 2.40. The molecule has 98 valence electrons. The average molecular weight is 259 g/mol. The lowest BCUT2D eigenvalue weighted by Crippen LogP contribution is -1.94. The van der Waals surface area contributed by atoms with Crippen molar-refractivity contribution in [2.75, 3.05) is 0 Å². The van der Waals surface area contributed by atoms with Gasteiger partial charge in [-0.3, -0.25) is 4.98 Å². The molecule has 0 unspecified atom stereocenters. The summed E-state index contributed by atoms with van der Waals surface area (Å²) >= 11 is 0. The maximum absolute atomic E-state index is 4.38. The van der Waals surface area contributed by atoms with E-state index in [-0.39, 0.29) is 0 Å². The lowest BCUT2D eigenvalue weighted by molar-refractivity contribution is 1.08. The molecule has 0 N–H and O–H groups in total. The third-order valence-electron chi connectivity index (χ3n) is 3.35. The van der Waals surface area contributed by atoms with E-state index in [0.717, 1.165) is 12.8 Å². The van der Waals surface area contributed by atoms with Crippen molar-refractivity contribution in [2.24, 2.45) is 0 Å². The van der Waals surface area contributed by atoms with Crippen LogP contribution in [0.25, 0.3) is 0 Å². The Morgan fingerprint density at radius 2 is 1.00 bits per heavy atom. The zero-order chi connectivity index (χ0) is 13.6. The van der Waals surface area contributed by atoms with Crippen LogP contribution < -0.4 is 0 Å². The molecule has 1 heteroatoms. The van der Waals surface area contributed by atoms with Crippen LogP contribution in [0.5, 0.6) is 0 Å². The van der Waals surface area contributed by atoms with Gasteiger partial charge in [-0.25, -0.2) is 0 Å². The summed E-state index contributed by atoms with van der Waals surface area (Å²) in [6.07, 6.45) is 5.80. The van der Waals surface area contributed by atoms with Crippen LogP contribution in [0.2, 0.25) is 0 Å². The lowest BCUT2D eigenvalue weighted by atomic mass is 10.0. The van der Waals surface area contributed by atoms with Crippen LogP contribution in [-0.4, -0.2) is 4.98 Å². The van der Waals surface area contributed by atoms with E-state index >= 15 is 0 Å². The van der Waals surface area contributed by atoms with Crippen molar-refractivity contribution < 1.29 is 0 Å². The summed E-state index contributed by atoms with van der Waals surface area (Å²) in [4.78, 5) is 4.38. The number of hydrogen-bond acceptors (Lipinski definition) is 1. The monoisotopic (exact) mass is 259 g/mol. The Hall–Kier alpha value is -2.41. The second kappa shape index (κ2) is 6.16. The lowest BCUT2D eigenvalue weighted by Gasteiger charge is -2.05. The molecule has 0 atom stereocenters. The molecule has 2 aromatic carbocycles. The van der Waals surface area contributed by atoms with Crippen molar-refractivity contribution in [3.8, 4) is 0 Å². The second-order valence-corrected chi connectivity index (χ2v) is 5.03. The molecule has 20 heavy (non-hydrogen) atoms. The first-order chi connectivity index (χ1) is 9.90. The first-order valence-electron chi connectivity index (χ1n) is 6.91. The summed E-state index contributed by atoms with van der Waals surface area (Å²) in [7, 11) is 0. The summed E-state index contributed by atoms with van der Waals surface area (Å²) in [5.41, 5.74) is 5.19. The van der Waals surface area contributed by atoms with Crippen molar-refractivity contribution in [2.45, 2.75) is 12.8 Å². The maximum atomic E-state index is 4.38. The van der Waals surface area contributed by atoms with E-state index in [1.54, 1.807) is 0 Å². The van der Waals surface area contributed by atoms with Crippen LogP contribution in [0.1, 0.15) is 22.3 Å². The molecule has 0 saturated carbocycles. The van der Waals surface area contributed by atoms with E-state index in [2.05, 4.69) is 59.6 Å². The summed E-state index contributed by atoms with van der Waals surface area (Å²) < 4.78 is 0. The molecule has 1 aromatic heterocycles. The molecule has 0 aliphatic rings. The van der Waals surface area contributed by atoms with Crippen molar-refractivity contribution in [3.05, 3.63) is 101 Å². The Labute approximate surface area is 119 Å². The van der Waals surface area contributed by atoms with Gasteiger partial charge >= 0.3 is 0 Å². The Kier molecular flexibility index (Phi) is 3.88. The highest BCUT2D eigenvalue weighted by atomic mass is 14.6. The summed E-state index contributed by atoms with van der Waals surface area (Å²) in [6.45, 7) is 0. The fraction of sp³-hybridized carbons (Fsp3) is 0.105. The normalized spacial score (nSPS) is 10.4. The molecular formula is C19H17N. The van der Waals surface area contributed by atoms with E-state index in [1.165, 1.54) is 22.3 Å². The quantitative estimate of drug-likeness (QED) is 0.682. The van der Waals surface area contributed by atoms with Crippen LogP contribution in [0.3, 0.4) is 0 Å². The standard InChI is InChI=1S/C19H17N/c1-3-7-16(8-4-1)11-18-13-19(15-20-14-18)12-17-9-5-2-6-10-17/h1-10,13-15H,11-12H2. The van der Waals surface area contributed by atoms with Crippen LogP contribution in [0.4, 0.5) is 0 Å². The van der Waals surface area contributed by atoms with E-state index in [1.807, 2.05) is 24.5 Å². The molecule has 0 spiro atoms. The molecule has 0 saturated heterocycles. The Balaban J connectivity index is 1.76. The number of hydrogen-bond donors (Lipinski definition) is 0. The van der Waals surface area contributed by atoms with Crippen LogP contribution in [0.15, 0.2) is 79.1 Å². The SMILES string of the molecule is c1ccc(Cc2cncc(Cc3ccccc3)c2)cc1. The van der Waals surface area contributed by atoms with Gasteiger partial charge in [0, 0.05) is 12.4 Å². The molecule has 0 radical (unpaired) electrons. The predicted octanol–water partition coefficient (Wildman–Crippen LogP) is 4.26. The topological polar surface area (TPSA) is 12.9 Å². The van der Waals surface area contributed by atoms with Gasteiger partial charge in [0.25, 0.3) is 0 Å². The molecule has 3 rings (SSSR count). The van der Waals surface area contributed by atoms with E-state index in [9.17, 15) is 0 Å². The first kappa shape index (κ1) is 12.6. The molecular weight excluding hydrogens is 242 g/mol. The molecule has 0 fully saturated rings. The smallest absolute Gasteiger partial charge is 0.0303 e. The van der Waals surface area contributed by atoms with Crippen LogP contribution in [-0.2, 0) is 12.8 Å². The highest BCUT2D eigenvalue weighted by Crippen LogP contribution is 2.13. The minimum atomic E-state index is 0.941. The van der Waals surface area contributed by atoms with Gasteiger partial charge in [-0.05, 0) is 35.1 Å². The van der Waals surface area contributed by atoms with Crippen molar-refractivity contribution in [1.29, 1.82) is 0 Å². The van der Waals surface area contributed by atoms with Gasteiger partial charge in [0.2, 0.25) is 0 Å². The highest BCUT2D eigenvalue weighted by molar-refractivity contribution is 5.30. The summed E-state index contributed by atoms with van der Waals surface area (Å²) in [6, 6.07) is 23.3. The molecule has 1 nitrogen and oxygen atoms in total. The number of pyridine rings is 1. The summed E-state index contributed by atoms with van der Waals surface area (Å²) in [5, 5.41) is 0. The van der Waals surface area contributed by atoms with E-state index in [0.29, 0.717) is 0 Å². The van der Waals surface area contributed by atoms with Gasteiger partial charge < -0.3 is 0 Å². The number of benzene rings is 2. The van der Waals surface area contributed by atoms with Gasteiger partial charge in [-0.2, -0.15) is 0 Å². The Morgan fingerprint density at radius 3 is 1.45 bits per heavy atom. The van der Waals surface area contributed by atoms with Crippen LogP contribution in [0, 0.1) is 0 Å². The molecule has 0 aliphatic heterocycles. The minimum Gasteiger partial charge on any atom is -0.264 e. The third-order valence-corrected chi connectivity index (χ3v) is 3.35. The molecule has 0 bridgehead atoms. The fourth-order valence-corrected chi connectivity index (χ4v) is 2.40. The van der Waals surface area contributed by atoms with Gasteiger partial charge in [0.15, 0.2) is 0 Å². The van der Waals surface area contributed by atoms with Crippen LogP contribution >= 0.6 is 0 Å². The van der Waals surface area contributed by atoms with Gasteiger partial charge in [0.05, 0.1) is 0 Å². The predicted molar refractivity (Wildman–Crippen MR) is 82.7 cm³/mol. The van der Waals surface area contributed by atoms with Crippen molar-refractivity contribution in [3.63, 3.8) is 0 Å².